The fourth-order valence-electron chi connectivity index (χ4n) is 1.90. The van der Waals surface area contributed by atoms with Gasteiger partial charge in [-0.25, -0.2) is 9.98 Å². The lowest BCUT2D eigenvalue weighted by Gasteiger charge is -2.43. The maximum atomic E-state index is 4.21. The van der Waals surface area contributed by atoms with E-state index in [9.17, 15) is 0 Å². The number of hydrogen-bond donors (Lipinski definition) is 0. The SMILES string of the molecule is C1=NC=NN2CCN3N=CN=CC3C12. The molecule has 3 rings (SSSR count). The second-order valence-electron chi connectivity index (χ2n) is 3.37. The number of aliphatic imine (C=N–C) groups is 2. The van der Waals surface area contributed by atoms with Crippen molar-refractivity contribution in [1.29, 1.82) is 0 Å². The topological polar surface area (TPSA) is 55.9 Å². The zero-order chi connectivity index (χ0) is 9.38. The average Bonchev–Trinajstić information content (AvgIpc) is 2.29. The Bertz CT molecular complexity index is 310. The number of hydrogen-bond acceptors (Lipinski definition) is 6. The van der Waals surface area contributed by atoms with E-state index in [0.29, 0.717) is 0 Å². The van der Waals surface area contributed by atoms with Crippen molar-refractivity contribution >= 4 is 25.1 Å². The molecular weight excluding hydrogens is 180 g/mol. The van der Waals surface area contributed by atoms with E-state index in [-0.39, 0.29) is 12.1 Å². The third-order valence-corrected chi connectivity index (χ3v) is 2.61. The van der Waals surface area contributed by atoms with Crippen LogP contribution in [0.1, 0.15) is 0 Å². The van der Waals surface area contributed by atoms with Crippen LogP contribution in [0.2, 0.25) is 0 Å². The maximum absolute atomic E-state index is 4.21. The standard InChI is InChI=1S/C8H10N6/c1-2-14-8(4-10-6-12-14)7-3-9-5-11-13(1)7/h3-8H,1-2H2. The van der Waals surface area contributed by atoms with E-state index in [2.05, 4.69) is 20.2 Å². The monoisotopic (exact) mass is 190 g/mol. The molecule has 3 aliphatic heterocycles. The fourth-order valence-corrected chi connectivity index (χ4v) is 1.90. The second-order valence-corrected chi connectivity index (χ2v) is 3.37. The third kappa shape index (κ3) is 1.03. The molecule has 1 saturated heterocycles. The van der Waals surface area contributed by atoms with Crippen LogP contribution in [0.5, 0.6) is 0 Å². The highest BCUT2D eigenvalue weighted by molar-refractivity contribution is 5.86. The zero-order valence-corrected chi connectivity index (χ0v) is 7.56. The molecule has 0 aliphatic carbocycles. The van der Waals surface area contributed by atoms with E-state index in [1.165, 1.54) is 0 Å². The molecule has 0 saturated carbocycles. The predicted molar refractivity (Wildman–Crippen MR) is 55.0 cm³/mol. The van der Waals surface area contributed by atoms with Gasteiger partial charge in [0.15, 0.2) is 0 Å². The van der Waals surface area contributed by atoms with E-state index < -0.39 is 0 Å². The summed E-state index contributed by atoms with van der Waals surface area (Å²) in [4.78, 5) is 8.11. The molecule has 2 atom stereocenters. The number of rotatable bonds is 0. The Kier molecular flexibility index (Phi) is 1.59. The number of nitrogens with zero attached hydrogens (tertiary/aromatic N) is 6. The van der Waals surface area contributed by atoms with E-state index in [1.54, 1.807) is 12.7 Å². The molecule has 0 radical (unpaired) electrons. The molecular formula is C8H10N6. The van der Waals surface area contributed by atoms with Gasteiger partial charge in [-0.05, 0) is 0 Å². The van der Waals surface area contributed by atoms with Crippen LogP contribution in [0.4, 0.5) is 0 Å². The van der Waals surface area contributed by atoms with Crippen molar-refractivity contribution < 1.29 is 0 Å². The molecule has 0 bridgehead atoms. The van der Waals surface area contributed by atoms with Crippen molar-refractivity contribution in [3.05, 3.63) is 0 Å². The lowest BCUT2D eigenvalue weighted by molar-refractivity contribution is 0.0872. The van der Waals surface area contributed by atoms with Crippen LogP contribution in [0.25, 0.3) is 0 Å². The molecule has 0 aromatic rings. The Morgan fingerprint density at radius 3 is 1.86 bits per heavy atom. The van der Waals surface area contributed by atoms with Crippen molar-refractivity contribution in [2.45, 2.75) is 12.1 Å². The molecule has 2 unspecified atom stereocenters. The summed E-state index contributed by atoms with van der Waals surface area (Å²) in [5, 5.41) is 12.5. The summed E-state index contributed by atoms with van der Waals surface area (Å²) in [5.74, 6) is 0. The molecule has 14 heavy (non-hydrogen) atoms. The zero-order valence-electron chi connectivity index (χ0n) is 7.56. The van der Waals surface area contributed by atoms with Gasteiger partial charge in [-0.15, -0.1) is 0 Å². The summed E-state index contributed by atoms with van der Waals surface area (Å²) in [6.45, 7) is 1.77. The minimum Gasteiger partial charge on any atom is -0.283 e. The summed E-state index contributed by atoms with van der Waals surface area (Å²) in [6, 6.07) is 0.352. The molecule has 0 spiro atoms. The first kappa shape index (κ1) is 7.66. The van der Waals surface area contributed by atoms with Gasteiger partial charge in [-0.1, -0.05) is 0 Å². The molecule has 6 heteroatoms. The lowest BCUT2D eigenvalue weighted by atomic mass is 10.1. The Morgan fingerprint density at radius 1 is 0.857 bits per heavy atom. The van der Waals surface area contributed by atoms with Gasteiger partial charge in [-0.2, -0.15) is 10.2 Å². The van der Waals surface area contributed by atoms with Gasteiger partial charge in [0.1, 0.15) is 24.8 Å². The van der Waals surface area contributed by atoms with Gasteiger partial charge in [0.25, 0.3) is 0 Å². The minimum absolute atomic E-state index is 0.176. The second kappa shape index (κ2) is 2.90. The molecule has 0 N–H and O–H groups in total. The van der Waals surface area contributed by atoms with Gasteiger partial charge in [-0.3, -0.25) is 10.0 Å². The smallest absolute Gasteiger partial charge is 0.135 e. The van der Waals surface area contributed by atoms with Gasteiger partial charge < -0.3 is 0 Å². The van der Waals surface area contributed by atoms with Crippen molar-refractivity contribution in [2.24, 2.45) is 20.2 Å². The van der Waals surface area contributed by atoms with Gasteiger partial charge in [0, 0.05) is 12.4 Å². The number of piperazine rings is 1. The summed E-state index contributed by atoms with van der Waals surface area (Å²) >= 11 is 0. The molecule has 0 amide bonds. The van der Waals surface area contributed by atoms with E-state index in [0.717, 1.165) is 13.1 Å². The molecule has 3 heterocycles. The van der Waals surface area contributed by atoms with Crippen molar-refractivity contribution in [3.8, 4) is 0 Å². The summed E-state index contributed by atoms with van der Waals surface area (Å²) in [6.07, 6.45) is 6.96. The average molecular weight is 190 g/mol. The molecule has 0 aromatic heterocycles. The van der Waals surface area contributed by atoms with Crippen LogP contribution in [-0.2, 0) is 0 Å². The number of hydrazone groups is 2. The maximum Gasteiger partial charge on any atom is 0.135 e. The third-order valence-electron chi connectivity index (χ3n) is 2.61. The van der Waals surface area contributed by atoms with Crippen molar-refractivity contribution in [2.75, 3.05) is 13.1 Å². The Morgan fingerprint density at radius 2 is 1.36 bits per heavy atom. The van der Waals surface area contributed by atoms with Crippen LogP contribution in [0, 0.1) is 0 Å². The highest BCUT2D eigenvalue weighted by Crippen LogP contribution is 2.18. The molecule has 0 aromatic carbocycles. The normalized spacial score (nSPS) is 33.1. The largest absolute Gasteiger partial charge is 0.283 e. The minimum atomic E-state index is 0.176. The van der Waals surface area contributed by atoms with E-state index >= 15 is 0 Å². The lowest BCUT2D eigenvalue weighted by Crippen LogP contribution is -2.59. The summed E-state index contributed by atoms with van der Waals surface area (Å²) < 4.78 is 0. The highest BCUT2D eigenvalue weighted by Gasteiger charge is 2.35. The van der Waals surface area contributed by atoms with E-state index in [4.69, 9.17) is 0 Å². The first-order valence-electron chi connectivity index (χ1n) is 4.60. The molecule has 6 nitrogen and oxygen atoms in total. The van der Waals surface area contributed by atoms with Crippen molar-refractivity contribution in [1.82, 2.24) is 10.0 Å². The Hall–Kier alpha value is -1.72. The van der Waals surface area contributed by atoms with Gasteiger partial charge in [0.2, 0.25) is 0 Å². The van der Waals surface area contributed by atoms with Gasteiger partial charge >= 0.3 is 0 Å². The van der Waals surface area contributed by atoms with Crippen LogP contribution in [0.15, 0.2) is 20.2 Å². The van der Waals surface area contributed by atoms with E-state index in [1.807, 2.05) is 22.4 Å². The van der Waals surface area contributed by atoms with Crippen molar-refractivity contribution in [3.63, 3.8) is 0 Å². The predicted octanol–water partition coefficient (Wildman–Crippen LogP) is -0.603. The van der Waals surface area contributed by atoms with Crippen LogP contribution >= 0.6 is 0 Å². The number of fused-ring (bicyclic) bond motifs is 3. The first-order chi connectivity index (χ1) is 6.95. The molecule has 3 aliphatic rings. The van der Waals surface area contributed by atoms with Crippen LogP contribution < -0.4 is 0 Å². The first-order valence-corrected chi connectivity index (χ1v) is 4.60. The highest BCUT2D eigenvalue weighted by atomic mass is 15.6. The molecule has 1 fully saturated rings. The Balaban J connectivity index is 1.90. The van der Waals surface area contributed by atoms with Crippen LogP contribution in [0.3, 0.4) is 0 Å². The molecule has 72 valence electrons. The Labute approximate surface area is 81.3 Å². The van der Waals surface area contributed by atoms with Gasteiger partial charge in [0.05, 0.1) is 13.1 Å². The quantitative estimate of drug-likeness (QED) is 0.512. The summed E-state index contributed by atoms with van der Waals surface area (Å²) in [7, 11) is 0. The fraction of sp³-hybridized carbons (Fsp3) is 0.500. The van der Waals surface area contributed by atoms with Crippen LogP contribution in [-0.4, -0.2) is 60.3 Å². The summed E-state index contributed by atoms with van der Waals surface area (Å²) in [5.41, 5.74) is 0.